The molecule has 4 nitrogen and oxygen atoms in total. The zero-order chi connectivity index (χ0) is 15.1. The molecule has 1 aromatic carbocycles. The van der Waals surface area contributed by atoms with E-state index in [1.165, 1.54) is 18.5 Å². The molecule has 1 heterocycles. The molecule has 0 amide bonds. The number of aryl methyl sites for hydroxylation is 1. The van der Waals surface area contributed by atoms with Gasteiger partial charge in [-0.15, -0.1) is 0 Å². The predicted molar refractivity (Wildman–Crippen MR) is 90.4 cm³/mol. The molecular formula is C17H26N4. The summed E-state index contributed by atoms with van der Waals surface area (Å²) in [5.74, 6) is 0.916. The van der Waals surface area contributed by atoms with Gasteiger partial charge < -0.3 is 14.8 Å². The highest BCUT2D eigenvalue weighted by Gasteiger charge is 2.04. The second kappa shape index (κ2) is 7.72. The lowest BCUT2D eigenvalue weighted by molar-refractivity contribution is 0.638. The topological polar surface area (TPSA) is 33.1 Å². The molecule has 2 rings (SSSR count). The molecule has 1 aromatic heterocycles. The van der Waals surface area contributed by atoms with Crippen LogP contribution in [0.1, 0.15) is 33.6 Å². The summed E-state index contributed by atoms with van der Waals surface area (Å²) in [5.41, 5.74) is 2.34. The Hall–Kier alpha value is -1.97. The van der Waals surface area contributed by atoms with Crippen LogP contribution in [-0.4, -0.2) is 22.6 Å². The van der Waals surface area contributed by atoms with Crippen LogP contribution in [0.15, 0.2) is 36.7 Å². The van der Waals surface area contributed by atoms with Crippen molar-refractivity contribution in [3.8, 4) is 0 Å². The van der Waals surface area contributed by atoms with Crippen molar-refractivity contribution in [3.63, 3.8) is 0 Å². The van der Waals surface area contributed by atoms with Crippen LogP contribution >= 0.6 is 0 Å². The molecule has 2 aromatic rings. The molecule has 114 valence electrons. The normalized spacial score (nSPS) is 10.6. The van der Waals surface area contributed by atoms with Gasteiger partial charge in [-0.3, -0.25) is 0 Å². The standard InChI is InChI=1S/C17H26N4/c1-4-7-13-21-14-12-18-17(21)19-15-8-10-16(11-9-15)20(5-2)6-3/h8-12,14H,4-7,13H2,1-3H3,(H,18,19). The van der Waals surface area contributed by atoms with Crippen LogP contribution in [0.4, 0.5) is 17.3 Å². The maximum atomic E-state index is 4.40. The lowest BCUT2D eigenvalue weighted by atomic mass is 10.2. The van der Waals surface area contributed by atoms with Crippen LogP contribution in [0, 0.1) is 0 Å². The Morgan fingerprint density at radius 1 is 1.10 bits per heavy atom. The Labute approximate surface area is 127 Å². The molecule has 0 saturated heterocycles. The summed E-state index contributed by atoms with van der Waals surface area (Å²) < 4.78 is 2.17. The van der Waals surface area contributed by atoms with Crippen molar-refractivity contribution >= 4 is 17.3 Å². The van der Waals surface area contributed by atoms with Gasteiger partial charge in [0.2, 0.25) is 5.95 Å². The molecule has 0 aliphatic rings. The molecule has 0 spiro atoms. The van der Waals surface area contributed by atoms with E-state index in [0.717, 1.165) is 31.3 Å². The highest BCUT2D eigenvalue weighted by atomic mass is 15.2. The molecule has 0 fully saturated rings. The van der Waals surface area contributed by atoms with E-state index in [4.69, 9.17) is 0 Å². The number of nitrogens with zero attached hydrogens (tertiary/aromatic N) is 3. The maximum Gasteiger partial charge on any atom is 0.207 e. The molecule has 0 radical (unpaired) electrons. The van der Waals surface area contributed by atoms with Gasteiger partial charge in [-0.2, -0.15) is 0 Å². The number of rotatable bonds is 8. The van der Waals surface area contributed by atoms with Crippen LogP contribution < -0.4 is 10.2 Å². The predicted octanol–water partition coefficient (Wildman–Crippen LogP) is 4.27. The van der Waals surface area contributed by atoms with Crippen molar-refractivity contribution in [1.82, 2.24) is 9.55 Å². The van der Waals surface area contributed by atoms with Gasteiger partial charge >= 0.3 is 0 Å². The molecule has 1 N–H and O–H groups in total. The van der Waals surface area contributed by atoms with Crippen LogP contribution in [0.3, 0.4) is 0 Å². The summed E-state index contributed by atoms with van der Waals surface area (Å²) in [5, 5.41) is 3.40. The summed E-state index contributed by atoms with van der Waals surface area (Å²) in [6.45, 7) is 9.64. The number of hydrogen-bond donors (Lipinski definition) is 1. The van der Waals surface area contributed by atoms with Gasteiger partial charge in [-0.25, -0.2) is 4.98 Å². The third-order valence-electron chi connectivity index (χ3n) is 3.72. The minimum Gasteiger partial charge on any atom is -0.372 e. The van der Waals surface area contributed by atoms with Crippen molar-refractivity contribution in [2.24, 2.45) is 0 Å². The number of aromatic nitrogens is 2. The molecule has 21 heavy (non-hydrogen) atoms. The van der Waals surface area contributed by atoms with Crippen molar-refractivity contribution < 1.29 is 0 Å². The van der Waals surface area contributed by atoms with E-state index in [1.54, 1.807) is 0 Å². The summed E-state index contributed by atoms with van der Waals surface area (Å²) >= 11 is 0. The van der Waals surface area contributed by atoms with Gasteiger partial charge in [-0.05, 0) is 44.5 Å². The van der Waals surface area contributed by atoms with E-state index < -0.39 is 0 Å². The molecule has 0 bridgehead atoms. The summed E-state index contributed by atoms with van der Waals surface area (Å²) in [4.78, 5) is 6.73. The van der Waals surface area contributed by atoms with Crippen molar-refractivity contribution in [2.75, 3.05) is 23.3 Å². The molecule has 0 unspecified atom stereocenters. The largest absolute Gasteiger partial charge is 0.372 e. The Bertz CT molecular complexity index is 526. The summed E-state index contributed by atoms with van der Waals surface area (Å²) in [6, 6.07) is 8.56. The van der Waals surface area contributed by atoms with Gasteiger partial charge in [0.15, 0.2) is 0 Å². The molecular weight excluding hydrogens is 260 g/mol. The number of imidazole rings is 1. The van der Waals surface area contributed by atoms with Gasteiger partial charge in [0.1, 0.15) is 0 Å². The van der Waals surface area contributed by atoms with Gasteiger partial charge in [-0.1, -0.05) is 13.3 Å². The maximum absolute atomic E-state index is 4.40. The molecule has 0 atom stereocenters. The van der Waals surface area contributed by atoms with Crippen LogP contribution in [0.25, 0.3) is 0 Å². The van der Waals surface area contributed by atoms with Crippen molar-refractivity contribution in [1.29, 1.82) is 0 Å². The van der Waals surface area contributed by atoms with Gasteiger partial charge in [0.05, 0.1) is 0 Å². The van der Waals surface area contributed by atoms with Crippen molar-refractivity contribution in [3.05, 3.63) is 36.7 Å². The second-order valence-electron chi connectivity index (χ2n) is 5.14. The molecule has 0 aliphatic heterocycles. The fourth-order valence-corrected chi connectivity index (χ4v) is 2.42. The first kappa shape index (κ1) is 15.4. The SMILES string of the molecule is CCCCn1ccnc1Nc1ccc(N(CC)CC)cc1. The van der Waals surface area contributed by atoms with Crippen LogP contribution in [0.5, 0.6) is 0 Å². The Morgan fingerprint density at radius 3 is 2.43 bits per heavy atom. The second-order valence-corrected chi connectivity index (χ2v) is 5.14. The number of nitrogens with one attached hydrogen (secondary N) is 1. The van der Waals surface area contributed by atoms with E-state index >= 15 is 0 Å². The minimum atomic E-state index is 0.916. The average molecular weight is 286 g/mol. The highest BCUT2D eigenvalue weighted by Crippen LogP contribution is 2.20. The first-order chi connectivity index (χ1) is 10.3. The quantitative estimate of drug-likeness (QED) is 0.786. The molecule has 0 aliphatic carbocycles. The minimum absolute atomic E-state index is 0.916. The first-order valence-corrected chi connectivity index (χ1v) is 7.91. The van der Waals surface area contributed by atoms with Crippen LogP contribution in [-0.2, 0) is 6.54 Å². The van der Waals surface area contributed by atoms with Crippen LogP contribution in [0.2, 0.25) is 0 Å². The lowest BCUT2D eigenvalue weighted by Crippen LogP contribution is -2.21. The Balaban J connectivity index is 2.05. The number of hydrogen-bond acceptors (Lipinski definition) is 3. The van der Waals surface area contributed by atoms with E-state index in [9.17, 15) is 0 Å². The summed E-state index contributed by atoms with van der Waals surface area (Å²) in [7, 11) is 0. The van der Waals surface area contributed by atoms with E-state index in [-0.39, 0.29) is 0 Å². The number of anilines is 3. The fourth-order valence-electron chi connectivity index (χ4n) is 2.42. The molecule has 4 heteroatoms. The third-order valence-corrected chi connectivity index (χ3v) is 3.72. The summed E-state index contributed by atoms with van der Waals surface area (Å²) in [6.07, 6.45) is 6.24. The Morgan fingerprint density at radius 2 is 1.81 bits per heavy atom. The van der Waals surface area contributed by atoms with E-state index in [0.29, 0.717) is 0 Å². The fraction of sp³-hybridized carbons (Fsp3) is 0.471. The van der Waals surface area contributed by atoms with E-state index in [1.807, 2.05) is 12.4 Å². The van der Waals surface area contributed by atoms with Gasteiger partial charge in [0, 0.05) is 43.4 Å². The first-order valence-electron chi connectivity index (χ1n) is 7.91. The molecule has 0 saturated carbocycles. The third kappa shape index (κ3) is 4.00. The monoisotopic (exact) mass is 286 g/mol. The average Bonchev–Trinajstić information content (AvgIpc) is 2.95. The lowest BCUT2D eigenvalue weighted by Gasteiger charge is -2.21. The van der Waals surface area contributed by atoms with E-state index in [2.05, 4.69) is 64.8 Å². The van der Waals surface area contributed by atoms with Gasteiger partial charge in [0.25, 0.3) is 0 Å². The smallest absolute Gasteiger partial charge is 0.207 e. The van der Waals surface area contributed by atoms with Crippen molar-refractivity contribution in [2.45, 2.75) is 40.2 Å². The Kier molecular flexibility index (Phi) is 5.67. The zero-order valence-electron chi connectivity index (χ0n) is 13.3. The highest BCUT2D eigenvalue weighted by molar-refractivity contribution is 5.59. The number of unbranched alkanes of at least 4 members (excludes halogenated alkanes) is 1. The zero-order valence-corrected chi connectivity index (χ0v) is 13.3. The number of benzene rings is 1.